The average Bonchev–Trinajstić information content (AvgIpc) is 3.61. The third-order valence-electron chi connectivity index (χ3n) is 7.97. The molecule has 9 nitrogen and oxygen atoms in total. The number of H-pyrrole nitrogens is 2. The maximum absolute atomic E-state index is 14.2. The summed E-state index contributed by atoms with van der Waals surface area (Å²) in [6.07, 6.45) is 5.80. The van der Waals surface area contributed by atoms with Crippen molar-refractivity contribution in [3.8, 4) is 0 Å². The molecule has 1 atom stereocenters. The SMILES string of the molecule is Cc1cc2c(cc1C(=O)N1CCc3[nH]cnc3C1c1ccccc1)[nH]c(=O)c1cnc(C3CCOCC3)n12. The smallest absolute Gasteiger partial charge is 0.274 e. The molecule has 2 aliphatic rings. The van der Waals surface area contributed by atoms with E-state index in [1.165, 1.54) is 0 Å². The van der Waals surface area contributed by atoms with Crippen molar-refractivity contribution in [1.29, 1.82) is 0 Å². The number of benzene rings is 2. The number of hydrogen-bond acceptors (Lipinski definition) is 5. The molecule has 0 saturated carbocycles. The molecule has 2 aromatic carbocycles. The van der Waals surface area contributed by atoms with Crippen LogP contribution in [0.15, 0.2) is 59.8 Å². The summed E-state index contributed by atoms with van der Waals surface area (Å²) in [6.45, 7) is 3.90. The number of rotatable bonds is 3. The van der Waals surface area contributed by atoms with Crippen molar-refractivity contribution in [2.24, 2.45) is 0 Å². The van der Waals surface area contributed by atoms with E-state index in [0.717, 1.165) is 46.7 Å². The van der Waals surface area contributed by atoms with Crippen LogP contribution >= 0.6 is 0 Å². The highest BCUT2D eigenvalue weighted by Gasteiger charge is 2.35. The fourth-order valence-electron chi connectivity index (χ4n) is 6.04. The zero-order chi connectivity index (χ0) is 25.8. The van der Waals surface area contributed by atoms with Crippen LogP contribution in [-0.2, 0) is 11.2 Å². The molecular weight excluding hydrogens is 480 g/mol. The van der Waals surface area contributed by atoms with Crippen LogP contribution in [0.4, 0.5) is 0 Å². The van der Waals surface area contributed by atoms with E-state index in [0.29, 0.717) is 42.8 Å². The van der Waals surface area contributed by atoms with Gasteiger partial charge in [0.05, 0.1) is 29.3 Å². The first-order chi connectivity index (χ1) is 18.6. The number of imidazole rings is 2. The Kier molecular flexibility index (Phi) is 5.40. The van der Waals surface area contributed by atoms with Gasteiger partial charge in [0.15, 0.2) is 0 Å². The molecule has 3 aromatic heterocycles. The Balaban J connectivity index is 1.35. The van der Waals surface area contributed by atoms with Gasteiger partial charge in [0, 0.05) is 43.4 Å². The molecule has 5 heterocycles. The third-order valence-corrected chi connectivity index (χ3v) is 7.97. The van der Waals surface area contributed by atoms with Crippen molar-refractivity contribution < 1.29 is 9.53 Å². The third kappa shape index (κ3) is 3.57. The van der Waals surface area contributed by atoms with Crippen LogP contribution in [0, 0.1) is 6.92 Å². The lowest BCUT2D eigenvalue weighted by Gasteiger charge is -2.35. The Hall–Kier alpha value is -4.24. The Morgan fingerprint density at radius 1 is 1.08 bits per heavy atom. The number of amides is 1. The first kappa shape index (κ1) is 22.9. The molecule has 38 heavy (non-hydrogen) atoms. The lowest BCUT2D eigenvalue weighted by molar-refractivity contribution is 0.0690. The molecule has 0 spiro atoms. The molecule has 192 valence electrons. The minimum Gasteiger partial charge on any atom is -0.381 e. The molecule has 2 N–H and O–H groups in total. The van der Waals surface area contributed by atoms with Crippen LogP contribution < -0.4 is 5.56 Å². The van der Waals surface area contributed by atoms with E-state index >= 15 is 0 Å². The Bertz CT molecular complexity index is 1730. The van der Waals surface area contributed by atoms with E-state index in [2.05, 4.69) is 19.9 Å². The minimum absolute atomic E-state index is 0.0804. The monoisotopic (exact) mass is 508 g/mol. The van der Waals surface area contributed by atoms with E-state index in [1.807, 2.05) is 58.7 Å². The number of hydrogen-bond donors (Lipinski definition) is 2. The second kappa shape index (κ2) is 8.95. The summed E-state index contributed by atoms with van der Waals surface area (Å²) in [4.78, 5) is 44.6. The number of carbonyl (C=O) groups excluding carboxylic acids is 1. The Morgan fingerprint density at radius 2 is 1.89 bits per heavy atom. The summed E-state index contributed by atoms with van der Waals surface area (Å²) in [5, 5.41) is 0. The fraction of sp³-hybridized carbons (Fsp3) is 0.310. The average molecular weight is 509 g/mol. The molecule has 1 fully saturated rings. The molecule has 1 saturated heterocycles. The van der Waals surface area contributed by atoms with Crippen LogP contribution in [0.5, 0.6) is 0 Å². The predicted octanol–water partition coefficient (Wildman–Crippen LogP) is 3.89. The van der Waals surface area contributed by atoms with Gasteiger partial charge in [-0.05, 0) is 43.0 Å². The van der Waals surface area contributed by atoms with Gasteiger partial charge in [-0.3, -0.25) is 14.0 Å². The largest absolute Gasteiger partial charge is 0.381 e. The molecular formula is C29H28N6O3. The summed E-state index contributed by atoms with van der Waals surface area (Å²) < 4.78 is 7.51. The standard InChI is InChI=1S/C29H28N6O3/c1-17-13-23-22(33-28(36)24-15-30-27(35(23)24)19-8-11-38-12-9-19)14-20(17)29(37)34-10-7-21-25(32-16-31-21)26(34)18-5-3-2-4-6-18/h2-6,13-16,19,26H,7-12H2,1H3,(H,31,32)(H,33,36). The first-order valence-electron chi connectivity index (χ1n) is 13.1. The number of nitrogens with one attached hydrogen (secondary N) is 2. The van der Waals surface area contributed by atoms with Gasteiger partial charge in [-0.25, -0.2) is 9.97 Å². The van der Waals surface area contributed by atoms with Gasteiger partial charge in [0.2, 0.25) is 0 Å². The Morgan fingerprint density at radius 3 is 2.71 bits per heavy atom. The van der Waals surface area contributed by atoms with E-state index in [1.54, 1.807) is 12.5 Å². The zero-order valence-corrected chi connectivity index (χ0v) is 21.1. The Labute approximate surface area is 218 Å². The lowest BCUT2D eigenvalue weighted by Crippen LogP contribution is -2.41. The summed E-state index contributed by atoms with van der Waals surface area (Å²) >= 11 is 0. The van der Waals surface area contributed by atoms with Crippen LogP contribution in [0.3, 0.4) is 0 Å². The van der Waals surface area contributed by atoms with Gasteiger partial charge in [0.25, 0.3) is 11.5 Å². The van der Waals surface area contributed by atoms with Crippen molar-refractivity contribution in [3.05, 3.63) is 99.2 Å². The number of fused-ring (bicyclic) bond motifs is 4. The van der Waals surface area contributed by atoms with E-state index in [-0.39, 0.29) is 23.4 Å². The quantitative estimate of drug-likeness (QED) is 0.384. The highest BCUT2D eigenvalue weighted by atomic mass is 16.5. The fourth-order valence-corrected chi connectivity index (χ4v) is 6.04. The summed E-state index contributed by atoms with van der Waals surface area (Å²) in [5.41, 5.74) is 6.14. The van der Waals surface area contributed by atoms with E-state index in [4.69, 9.17) is 4.74 Å². The highest BCUT2D eigenvalue weighted by molar-refractivity contribution is 5.99. The first-order valence-corrected chi connectivity index (χ1v) is 13.1. The second-order valence-corrected chi connectivity index (χ2v) is 10.2. The van der Waals surface area contributed by atoms with Crippen LogP contribution in [-0.4, -0.2) is 54.9 Å². The number of nitrogens with zero attached hydrogens (tertiary/aromatic N) is 4. The molecule has 5 aromatic rings. The van der Waals surface area contributed by atoms with Crippen LogP contribution in [0.2, 0.25) is 0 Å². The highest BCUT2D eigenvalue weighted by Crippen LogP contribution is 2.35. The van der Waals surface area contributed by atoms with E-state index < -0.39 is 0 Å². The summed E-state index contributed by atoms with van der Waals surface area (Å²) in [7, 11) is 0. The molecule has 7 rings (SSSR count). The zero-order valence-electron chi connectivity index (χ0n) is 21.1. The molecule has 1 amide bonds. The number of ether oxygens (including phenoxy) is 1. The normalized spacial score (nSPS) is 18.2. The summed E-state index contributed by atoms with van der Waals surface area (Å²) in [5.74, 6) is 1.02. The number of carbonyl (C=O) groups is 1. The maximum atomic E-state index is 14.2. The molecule has 9 heteroatoms. The van der Waals surface area contributed by atoms with Crippen molar-refractivity contribution in [2.45, 2.75) is 38.1 Å². The molecule has 1 unspecified atom stereocenters. The number of aromatic amines is 2. The predicted molar refractivity (Wildman–Crippen MR) is 142 cm³/mol. The maximum Gasteiger partial charge on any atom is 0.274 e. The molecule has 0 radical (unpaired) electrons. The number of aryl methyl sites for hydroxylation is 1. The van der Waals surface area contributed by atoms with Gasteiger partial charge >= 0.3 is 0 Å². The van der Waals surface area contributed by atoms with Crippen LogP contribution in [0.25, 0.3) is 16.6 Å². The number of aromatic nitrogens is 5. The van der Waals surface area contributed by atoms with Gasteiger partial charge < -0.3 is 19.6 Å². The van der Waals surface area contributed by atoms with Crippen LogP contribution in [0.1, 0.15) is 63.5 Å². The van der Waals surface area contributed by atoms with Gasteiger partial charge in [-0.2, -0.15) is 0 Å². The molecule has 0 bridgehead atoms. The van der Waals surface area contributed by atoms with Crippen molar-refractivity contribution >= 4 is 22.5 Å². The topological polar surface area (TPSA) is 108 Å². The molecule has 0 aliphatic carbocycles. The van der Waals surface area contributed by atoms with E-state index in [9.17, 15) is 9.59 Å². The second-order valence-electron chi connectivity index (χ2n) is 10.2. The van der Waals surface area contributed by atoms with Gasteiger partial charge in [-0.1, -0.05) is 30.3 Å². The van der Waals surface area contributed by atoms with Crippen molar-refractivity contribution in [2.75, 3.05) is 19.8 Å². The molecule has 2 aliphatic heterocycles. The minimum atomic E-state index is -0.288. The van der Waals surface area contributed by atoms with Gasteiger partial charge in [0.1, 0.15) is 17.4 Å². The van der Waals surface area contributed by atoms with Crippen molar-refractivity contribution in [1.82, 2.24) is 29.2 Å². The lowest BCUT2D eigenvalue weighted by atomic mass is 9.94. The van der Waals surface area contributed by atoms with Crippen molar-refractivity contribution in [3.63, 3.8) is 0 Å². The summed E-state index contributed by atoms with van der Waals surface area (Å²) in [6, 6.07) is 13.5. The van der Waals surface area contributed by atoms with Gasteiger partial charge in [-0.15, -0.1) is 0 Å².